The molecule has 0 unspecified atom stereocenters. The SMILES string of the molecule is COc1cc2nnc(-c3cc(C)on3)n2nc1O[C@H](C)c1ccc2c(n1)CCN(C1COC1)C2. The van der Waals surface area contributed by atoms with Crippen molar-refractivity contribution in [3.63, 3.8) is 0 Å². The Hall–Kier alpha value is -3.57. The molecule has 6 heterocycles. The van der Waals surface area contributed by atoms with Crippen LogP contribution in [0.1, 0.15) is 35.7 Å². The first-order valence-electron chi connectivity index (χ1n) is 11.3. The van der Waals surface area contributed by atoms with Crippen LogP contribution < -0.4 is 9.47 Å². The minimum absolute atomic E-state index is 0.319. The van der Waals surface area contributed by atoms with Gasteiger partial charge < -0.3 is 18.7 Å². The third-order valence-corrected chi connectivity index (χ3v) is 6.34. The van der Waals surface area contributed by atoms with E-state index in [0.29, 0.717) is 40.6 Å². The molecular formula is C23H25N7O4. The molecule has 0 amide bonds. The molecule has 2 aliphatic heterocycles. The van der Waals surface area contributed by atoms with Crippen LogP contribution in [0.4, 0.5) is 0 Å². The van der Waals surface area contributed by atoms with Crippen molar-refractivity contribution in [1.82, 2.24) is 34.9 Å². The summed E-state index contributed by atoms with van der Waals surface area (Å²) in [6.45, 7) is 7.34. The Bertz CT molecular complexity index is 1350. The summed E-state index contributed by atoms with van der Waals surface area (Å²) >= 11 is 0. The van der Waals surface area contributed by atoms with Gasteiger partial charge in [0, 0.05) is 37.3 Å². The van der Waals surface area contributed by atoms with Crippen molar-refractivity contribution in [2.45, 2.75) is 39.0 Å². The van der Waals surface area contributed by atoms with Crippen LogP contribution in [0.5, 0.6) is 11.6 Å². The summed E-state index contributed by atoms with van der Waals surface area (Å²) in [5.41, 5.74) is 4.30. The molecule has 176 valence electrons. The molecule has 0 N–H and O–H groups in total. The van der Waals surface area contributed by atoms with Gasteiger partial charge in [-0.1, -0.05) is 11.2 Å². The van der Waals surface area contributed by atoms with E-state index in [0.717, 1.165) is 44.1 Å². The lowest BCUT2D eigenvalue weighted by atomic mass is 10.0. The second kappa shape index (κ2) is 8.33. The van der Waals surface area contributed by atoms with Gasteiger partial charge >= 0.3 is 0 Å². The molecule has 11 heteroatoms. The van der Waals surface area contributed by atoms with E-state index in [-0.39, 0.29) is 6.10 Å². The Morgan fingerprint density at radius 2 is 2.06 bits per heavy atom. The molecular weight excluding hydrogens is 438 g/mol. The predicted octanol–water partition coefficient (Wildman–Crippen LogP) is 2.39. The molecule has 2 aliphatic rings. The number of ether oxygens (including phenoxy) is 3. The minimum Gasteiger partial charge on any atom is -0.491 e. The summed E-state index contributed by atoms with van der Waals surface area (Å²) in [4.78, 5) is 7.39. The quantitative estimate of drug-likeness (QED) is 0.422. The fraction of sp³-hybridized carbons (Fsp3) is 0.435. The van der Waals surface area contributed by atoms with Gasteiger partial charge in [-0.25, -0.2) is 0 Å². The van der Waals surface area contributed by atoms with Crippen LogP contribution >= 0.6 is 0 Å². The number of fused-ring (bicyclic) bond motifs is 2. The molecule has 6 rings (SSSR count). The molecule has 34 heavy (non-hydrogen) atoms. The van der Waals surface area contributed by atoms with Gasteiger partial charge in [0.15, 0.2) is 17.1 Å². The van der Waals surface area contributed by atoms with Crippen molar-refractivity contribution in [2.24, 2.45) is 0 Å². The third kappa shape index (κ3) is 3.66. The summed E-state index contributed by atoms with van der Waals surface area (Å²) in [5.74, 6) is 1.92. The topological polar surface area (TPSA) is 113 Å². The highest BCUT2D eigenvalue weighted by Gasteiger charge is 2.29. The maximum absolute atomic E-state index is 6.23. The van der Waals surface area contributed by atoms with Crippen LogP contribution in [0.15, 0.2) is 28.8 Å². The molecule has 1 atom stereocenters. The Morgan fingerprint density at radius 1 is 1.18 bits per heavy atom. The fourth-order valence-electron chi connectivity index (χ4n) is 4.31. The highest BCUT2D eigenvalue weighted by molar-refractivity contribution is 5.57. The molecule has 0 radical (unpaired) electrons. The van der Waals surface area contributed by atoms with Crippen molar-refractivity contribution in [3.8, 4) is 23.1 Å². The molecule has 0 aliphatic carbocycles. The number of rotatable bonds is 6. The average Bonchev–Trinajstić information content (AvgIpc) is 3.42. The third-order valence-electron chi connectivity index (χ3n) is 6.34. The van der Waals surface area contributed by atoms with E-state index >= 15 is 0 Å². The largest absolute Gasteiger partial charge is 0.491 e. The smallest absolute Gasteiger partial charge is 0.275 e. The van der Waals surface area contributed by atoms with E-state index < -0.39 is 0 Å². The molecule has 1 fully saturated rings. The second-order valence-electron chi connectivity index (χ2n) is 8.65. The first-order valence-corrected chi connectivity index (χ1v) is 11.3. The van der Waals surface area contributed by atoms with Crippen LogP contribution in [-0.4, -0.2) is 67.8 Å². The minimum atomic E-state index is -0.337. The molecule has 0 saturated carbocycles. The first-order chi connectivity index (χ1) is 16.6. The van der Waals surface area contributed by atoms with Gasteiger partial charge in [0.1, 0.15) is 11.9 Å². The van der Waals surface area contributed by atoms with Crippen molar-refractivity contribution in [3.05, 3.63) is 47.0 Å². The zero-order chi connectivity index (χ0) is 23.2. The second-order valence-corrected chi connectivity index (χ2v) is 8.65. The molecule has 4 aromatic heterocycles. The summed E-state index contributed by atoms with van der Waals surface area (Å²) in [6.07, 6.45) is 0.581. The van der Waals surface area contributed by atoms with Crippen molar-refractivity contribution < 1.29 is 18.7 Å². The lowest BCUT2D eigenvalue weighted by molar-refractivity contribution is -0.0697. The van der Waals surface area contributed by atoms with Gasteiger partial charge in [0.25, 0.3) is 5.88 Å². The summed E-state index contributed by atoms with van der Waals surface area (Å²) in [5, 5.41) is 17.0. The van der Waals surface area contributed by atoms with Crippen LogP contribution in [0.2, 0.25) is 0 Å². The van der Waals surface area contributed by atoms with E-state index in [1.165, 1.54) is 5.56 Å². The average molecular weight is 463 g/mol. The number of aryl methyl sites for hydroxylation is 1. The predicted molar refractivity (Wildman–Crippen MR) is 120 cm³/mol. The van der Waals surface area contributed by atoms with Gasteiger partial charge in [-0.2, -0.15) is 4.52 Å². The van der Waals surface area contributed by atoms with Crippen molar-refractivity contribution in [1.29, 1.82) is 0 Å². The number of hydrogen-bond donors (Lipinski definition) is 0. The Kier molecular flexibility index (Phi) is 5.15. The monoisotopic (exact) mass is 463 g/mol. The van der Waals surface area contributed by atoms with E-state index in [4.69, 9.17) is 23.7 Å². The highest BCUT2D eigenvalue weighted by Crippen LogP contribution is 2.31. The fourth-order valence-corrected chi connectivity index (χ4v) is 4.31. The maximum Gasteiger partial charge on any atom is 0.275 e. The molecule has 4 aromatic rings. The maximum atomic E-state index is 6.23. The molecule has 0 spiro atoms. The number of methoxy groups -OCH3 is 1. The van der Waals surface area contributed by atoms with Gasteiger partial charge in [-0.05, 0) is 25.5 Å². The zero-order valence-corrected chi connectivity index (χ0v) is 19.3. The van der Waals surface area contributed by atoms with E-state index in [1.54, 1.807) is 23.8 Å². The van der Waals surface area contributed by atoms with Gasteiger partial charge in [-0.15, -0.1) is 15.3 Å². The van der Waals surface area contributed by atoms with Crippen molar-refractivity contribution in [2.75, 3.05) is 26.9 Å². The van der Waals surface area contributed by atoms with E-state index in [1.807, 2.05) is 19.9 Å². The number of hydrogen-bond acceptors (Lipinski definition) is 10. The lowest BCUT2D eigenvalue weighted by Crippen LogP contribution is -2.50. The van der Waals surface area contributed by atoms with Crippen LogP contribution in [0.3, 0.4) is 0 Å². The number of aromatic nitrogens is 6. The van der Waals surface area contributed by atoms with Crippen LogP contribution in [0, 0.1) is 6.92 Å². The molecule has 0 bridgehead atoms. The van der Waals surface area contributed by atoms with Gasteiger partial charge in [0.2, 0.25) is 5.82 Å². The van der Waals surface area contributed by atoms with Gasteiger partial charge in [-0.3, -0.25) is 9.88 Å². The van der Waals surface area contributed by atoms with E-state index in [2.05, 4.69) is 31.4 Å². The van der Waals surface area contributed by atoms with E-state index in [9.17, 15) is 0 Å². The van der Waals surface area contributed by atoms with Crippen LogP contribution in [0.25, 0.3) is 17.2 Å². The first kappa shape index (κ1) is 21.0. The normalized spacial score (nSPS) is 17.4. The molecule has 1 saturated heterocycles. The lowest BCUT2D eigenvalue weighted by Gasteiger charge is -2.39. The van der Waals surface area contributed by atoms with Crippen molar-refractivity contribution >= 4 is 5.65 Å². The standard InChI is InChI=1S/C23H25N7O4/c1-13-8-19(28-34-13)22-26-25-21-9-20(31-3)23(27-30(21)22)33-14(2)17-5-4-15-10-29(16-11-32-12-16)7-6-18(15)24-17/h4-5,8-9,14,16H,6-7,10-12H2,1-3H3/t14-/m1/s1. The Labute approximate surface area is 195 Å². The van der Waals surface area contributed by atoms with Gasteiger partial charge in [0.05, 0.1) is 32.1 Å². The van der Waals surface area contributed by atoms with Crippen LogP contribution in [-0.2, 0) is 17.7 Å². The highest BCUT2D eigenvalue weighted by atomic mass is 16.5. The Morgan fingerprint density at radius 3 is 2.79 bits per heavy atom. The zero-order valence-electron chi connectivity index (χ0n) is 19.3. The summed E-state index contributed by atoms with van der Waals surface area (Å²) < 4.78 is 23.8. The Balaban J connectivity index is 1.26. The molecule has 11 nitrogen and oxygen atoms in total. The summed E-state index contributed by atoms with van der Waals surface area (Å²) in [6, 6.07) is 8.23. The number of pyridine rings is 1. The molecule has 0 aromatic carbocycles. The number of nitrogens with zero attached hydrogens (tertiary/aromatic N) is 7. The summed E-state index contributed by atoms with van der Waals surface area (Å²) in [7, 11) is 1.57.